The summed E-state index contributed by atoms with van der Waals surface area (Å²) in [5.74, 6) is 0. The summed E-state index contributed by atoms with van der Waals surface area (Å²) in [6.07, 6.45) is 0. The Bertz CT molecular complexity index is 3710. The smallest absolute Gasteiger partial charge is 0.198 e. The van der Waals surface area contributed by atoms with E-state index in [-0.39, 0.29) is 27.1 Å². The topological polar surface area (TPSA) is 17.0 Å². The van der Waals surface area contributed by atoms with Crippen LogP contribution in [0, 0.1) is 0 Å². The molecule has 2 heterocycles. The van der Waals surface area contributed by atoms with Crippen molar-refractivity contribution in [2.45, 2.75) is 110 Å². The molecule has 2 nitrogen and oxygen atoms in total. The van der Waals surface area contributed by atoms with Crippen molar-refractivity contribution in [1.82, 2.24) is 4.57 Å². The van der Waals surface area contributed by atoms with Crippen LogP contribution >= 0.6 is 0 Å². The molecule has 3 heteroatoms. The van der Waals surface area contributed by atoms with Gasteiger partial charge in [-0.2, -0.15) is 0 Å². The molecule has 0 spiro atoms. The maximum atomic E-state index is 4.05. The Kier molecular flexibility index (Phi) is 8.17. The van der Waals surface area contributed by atoms with Crippen molar-refractivity contribution in [1.29, 1.82) is 0 Å². The van der Waals surface area contributed by atoms with Crippen molar-refractivity contribution in [3.05, 3.63) is 184 Å². The molecule has 0 radical (unpaired) electrons. The summed E-state index contributed by atoms with van der Waals surface area (Å²) in [6, 6.07) is 54.8. The monoisotopic (exact) mass is 880 g/mol. The number of hydrogen-bond acceptors (Lipinski definition) is 1. The first-order chi connectivity index (χ1) is 32.2. The van der Waals surface area contributed by atoms with Gasteiger partial charge in [-0.25, -0.2) is 0 Å². The lowest BCUT2D eigenvalue weighted by atomic mass is 9.58. The molecular weight excluding hydrogens is 820 g/mol. The number of nitrogens with one attached hydrogen (secondary N) is 1. The van der Waals surface area contributed by atoms with Gasteiger partial charge in [0, 0.05) is 55.2 Å². The van der Waals surface area contributed by atoms with Crippen LogP contribution in [0.4, 0.5) is 11.4 Å². The van der Waals surface area contributed by atoms with Gasteiger partial charge in [0.25, 0.3) is 0 Å². The standard InChI is InChI=1S/C65H61BN2/c1-61(2,3)36-21-24-38(25-22-36)67-56-33-52-45(43-29-37(62(4,5)6)23-28-51(43)65(52,11)12)30-47(56)41-26-27-42-48-31-44-39-17-13-15-19-49(39)63(7,8)53(44)34-57(48)68-58-35-54-46(32-55(58)66-59(41)60(42)68)40-18-14-16-20-50(40)64(54,9)10/h13-35,66-67H,1-12H3. The highest BCUT2D eigenvalue weighted by Crippen LogP contribution is 2.55. The van der Waals surface area contributed by atoms with Crippen molar-refractivity contribution in [3.8, 4) is 50.2 Å². The Hall–Kier alpha value is -6.58. The maximum Gasteiger partial charge on any atom is 0.198 e. The second kappa shape index (κ2) is 13.4. The van der Waals surface area contributed by atoms with Crippen LogP contribution in [-0.2, 0) is 27.1 Å². The fourth-order valence-electron chi connectivity index (χ4n) is 13.2. The van der Waals surface area contributed by atoms with Gasteiger partial charge in [0.2, 0.25) is 0 Å². The molecule has 1 N–H and O–H groups in total. The molecule has 0 fully saturated rings. The van der Waals surface area contributed by atoms with Gasteiger partial charge in [0.1, 0.15) is 0 Å². The molecule has 68 heavy (non-hydrogen) atoms. The number of aromatic nitrogens is 1. The van der Waals surface area contributed by atoms with Crippen LogP contribution in [0.1, 0.15) is 128 Å². The highest BCUT2D eigenvalue weighted by molar-refractivity contribution is 6.73. The summed E-state index contributed by atoms with van der Waals surface area (Å²) in [4.78, 5) is 0. The SMILES string of the molecule is CC(C)(C)c1ccc(Nc2cc3c(cc2-c2ccc4c5cc6c(cc5n5c4c2Bc2cc4c(cc2-5)C(C)(C)c2ccccc2-4)C(C)(C)c2ccccc2-6)-c2cc(C(C)(C)C)ccc2C3(C)C)cc1. The largest absolute Gasteiger partial charge is 0.355 e. The third-order valence-electron chi connectivity index (χ3n) is 17.1. The van der Waals surface area contributed by atoms with Gasteiger partial charge in [-0.3, -0.25) is 0 Å². The van der Waals surface area contributed by atoms with Gasteiger partial charge in [0.05, 0.1) is 5.52 Å². The second-order valence-corrected chi connectivity index (χ2v) is 24.3. The van der Waals surface area contributed by atoms with Crippen LogP contribution in [0.25, 0.3) is 72.0 Å². The van der Waals surface area contributed by atoms with Crippen LogP contribution in [-0.4, -0.2) is 11.8 Å². The molecule has 9 aromatic rings. The van der Waals surface area contributed by atoms with Gasteiger partial charge in [-0.05, 0) is 142 Å². The minimum Gasteiger partial charge on any atom is -0.355 e. The molecule has 0 amide bonds. The Labute approximate surface area is 403 Å². The van der Waals surface area contributed by atoms with Gasteiger partial charge in [-0.15, -0.1) is 0 Å². The summed E-state index contributed by atoms with van der Waals surface area (Å²) < 4.78 is 2.68. The summed E-state index contributed by atoms with van der Waals surface area (Å²) in [5, 5.41) is 6.70. The number of anilines is 2. The van der Waals surface area contributed by atoms with Gasteiger partial charge in [-0.1, -0.05) is 186 Å². The average Bonchev–Trinajstić information content (AvgIpc) is 3.91. The van der Waals surface area contributed by atoms with Gasteiger partial charge < -0.3 is 9.88 Å². The van der Waals surface area contributed by atoms with E-state index in [1.165, 1.54) is 127 Å². The average molecular weight is 881 g/mol. The molecule has 3 aliphatic carbocycles. The number of fused-ring (bicyclic) bond motifs is 14. The molecule has 1 aliphatic heterocycles. The quantitative estimate of drug-likeness (QED) is 0.175. The molecule has 8 aromatic carbocycles. The van der Waals surface area contributed by atoms with E-state index in [0.29, 0.717) is 0 Å². The first-order valence-corrected chi connectivity index (χ1v) is 25.0. The van der Waals surface area contributed by atoms with E-state index in [9.17, 15) is 0 Å². The highest BCUT2D eigenvalue weighted by Gasteiger charge is 2.41. The summed E-state index contributed by atoms with van der Waals surface area (Å²) in [6.45, 7) is 28.4. The normalized spacial score (nSPS) is 16.1. The van der Waals surface area contributed by atoms with Crippen LogP contribution in [0.15, 0.2) is 140 Å². The van der Waals surface area contributed by atoms with Crippen molar-refractivity contribution >= 4 is 51.4 Å². The molecule has 1 aromatic heterocycles. The molecule has 0 unspecified atom stereocenters. The lowest BCUT2D eigenvalue weighted by Gasteiger charge is -2.28. The number of hydrogen-bond donors (Lipinski definition) is 1. The van der Waals surface area contributed by atoms with Gasteiger partial charge in [0.15, 0.2) is 7.28 Å². The summed E-state index contributed by atoms with van der Waals surface area (Å²) >= 11 is 0. The zero-order valence-corrected chi connectivity index (χ0v) is 41.9. The van der Waals surface area contributed by atoms with Crippen LogP contribution in [0.5, 0.6) is 0 Å². The van der Waals surface area contributed by atoms with Crippen LogP contribution in [0.3, 0.4) is 0 Å². The van der Waals surface area contributed by atoms with Crippen molar-refractivity contribution in [3.63, 3.8) is 0 Å². The fourth-order valence-corrected chi connectivity index (χ4v) is 13.2. The van der Waals surface area contributed by atoms with Crippen LogP contribution < -0.4 is 16.2 Å². The minimum absolute atomic E-state index is 0.0366. The van der Waals surface area contributed by atoms with Crippen molar-refractivity contribution in [2.24, 2.45) is 0 Å². The van der Waals surface area contributed by atoms with E-state index in [0.717, 1.165) is 18.7 Å². The summed E-state index contributed by atoms with van der Waals surface area (Å²) in [7, 11) is 0.843. The molecule has 4 aliphatic rings. The zero-order valence-electron chi connectivity index (χ0n) is 41.9. The lowest BCUT2D eigenvalue weighted by Crippen LogP contribution is -2.38. The second-order valence-electron chi connectivity index (χ2n) is 24.3. The van der Waals surface area contributed by atoms with Crippen molar-refractivity contribution in [2.75, 3.05) is 5.32 Å². The highest BCUT2D eigenvalue weighted by atomic mass is 15.0. The van der Waals surface area contributed by atoms with E-state index in [4.69, 9.17) is 0 Å². The van der Waals surface area contributed by atoms with E-state index in [1.807, 2.05) is 0 Å². The maximum absolute atomic E-state index is 4.05. The summed E-state index contributed by atoms with van der Waals surface area (Å²) in [5.41, 5.74) is 30.6. The van der Waals surface area contributed by atoms with E-state index in [2.05, 4.69) is 232 Å². The minimum atomic E-state index is -0.160. The Morgan fingerprint density at radius 2 is 0.971 bits per heavy atom. The Morgan fingerprint density at radius 1 is 0.426 bits per heavy atom. The Morgan fingerprint density at radius 3 is 1.62 bits per heavy atom. The molecular formula is C65H61BN2. The first-order valence-electron chi connectivity index (χ1n) is 25.0. The molecule has 0 bridgehead atoms. The number of benzene rings is 8. The van der Waals surface area contributed by atoms with Gasteiger partial charge >= 0.3 is 0 Å². The molecule has 13 rings (SSSR count). The van der Waals surface area contributed by atoms with E-state index < -0.39 is 0 Å². The van der Waals surface area contributed by atoms with E-state index in [1.54, 1.807) is 0 Å². The number of nitrogens with zero attached hydrogens (tertiary/aromatic N) is 1. The number of rotatable bonds is 3. The molecule has 0 saturated heterocycles. The third-order valence-corrected chi connectivity index (χ3v) is 17.1. The fraction of sp³-hybridized carbons (Fsp3) is 0.262. The Balaban J connectivity index is 1.11. The predicted molar refractivity (Wildman–Crippen MR) is 292 cm³/mol. The lowest BCUT2D eigenvalue weighted by molar-refractivity contribution is 0.589. The molecule has 334 valence electrons. The zero-order chi connectivity index (χ0) is 47.2. The van der Waals surface area contributed by atoms with E-state index >= 15 is 0 Å². The third kappa shape index (κ3) is 5.54. The van der Waals surface area contributed by atoms with Crippen molar-refractivity contribution < 1.29 is 0 Å². The first kappa shape index (κ1) is 41.6. The molecule has 0 atom stereocenters. The predicted octanol–water partition coefficient (Wildman–Crippen LogP) is 15.4. The van der Waals surface area contributed by atoms with Crippen LogP contribution in [0.2, 0.25) is 0 Å². The molecule has 0 saturated carbocycles.